The average Bonchev–Trinajstić information content (AvgIpc) is 2.78. The van der Waals surface area contributed by atoms with Crippen LogP contribution in [0.4, 0.5) is 0 Å². The van der Waals surface area contributed by atoms with Gasteiger partial charge in [-0.05, 0) is 31.5 Å². The van der Waals surface area contributed by atoms with Crippen molar-refractivity contribution in [2.75, 3.05) is 18.1 Å². The molecule has 8 heteroatoms. The number of hydrogen-bond donors (Lipinski definition) is 1. The van der Waals surface area contributed by atoms with Crippen molar-refractivity contribution in [2.24, 2.45) is 0 Å². The van der Waals surface area contributed by atoms with Gasteiger partial charge in [-0.2, -0.15) is 5.26 Å². The molecule has 1 aliphatic heterocycles. The second kappa shape index (κ2) is 6.38. The molecule has 0 aliphatic carbocycles. The second-order valence-corrected chi connectivity index (χ2v) is 7.90. The zero-order valence-electron chi connectivity index (χ0n) is 12.5. The van der Waals surface area contributed by atoms with Crippen LogP contribution in [-0.2, 0) is 19.4 Å². The van der Waals surface area contributed by atoms with E-state index in [2.05, 4.69) is 5.32 Å². The Morgan fingerprint density at radius 3 is 2.78 bits per heavy atom. The van der Waals surface area contributed by atoms with Crippen LogP contribution < -0.4 is 5.32 Å². The fourth-order valence-corrected chi connectivity index (χ4v) is 4.50. The number of amides is 1. The Kier molecular flexibility index (Phi) is 4.71. The van der Waals surface area contributed by atoms with Crippen LogP contribution in [0.1, 0.15) is 29.3 Å². The predicted octanol–water partition coefficient (Wildman–Crippen LogP) is 0.408. The third-order valence-corrected chi connectivity index (χ3v) is 5.41. The number of nitrogens with zero attached hydrogens (tertiary/aromatic N) is 1. The number of ether oxygens (including phenoxy) is 1. The maximum absolute atomic E-state index is 11.8. The van der Waals surface area contributed by atoms with E-state index in [1.165, 1.54) is 12.1 Å². The standard InChI is InChI=1S/C15H16N2O5S/c1-15(5-6-23(20,21)10-15)17-13(18)9-22-14(19)12-4-2-3-11(7-12)8-16/h2-4,7H,5-6,9-10H2,1H3,(H,17,18)/t15-/m1/s1. The topological polar surface area (TPSA) is 113 Å². The zero-order valence-corrected chi connectivity index (χ0v) is 13.4. The molecule has 1 aromatic rings. The highest BCUT2D eigenvalue weighted by molar-refractivity contribution is 7.91. The summed E-state index contributed by atoms with van der Waals surface area (Å²) < 4.78 is 27.8. The summed E-state index contributed by atoms with van der Waals surface area (Å²) in [5, 5.41) is 11.4. The highest BCUT2D eigenvalue weighted by Gasteiger charge is 2.39. The molecule has 1 heterocycles. The number of nitriles is 1. The van der Waals surface area contributed by atoms with Crippen molar-refractivity contribution in [1.82, 2.24) is 5.32 Å². The van der Waals surface area contributed by atoms with Gasteiger partial charge in [0.05, 0.1) is 34.2 Å². The smallest absolute Gasteiger partial charge is 0.338 e. The molecule has 0 saturated carbocycles. The molecule has 23 heavy (non-hydrogen) atoms. The number of benzene rings is 1. The second-order valence-electron chi connectivity index (χ2n) is 5.72. The summed E-state index contributed by atoms with van der Waals surface area (Å²) in [6.07, 6.45) is 0.333. The van der Waals surface area contributed by atoms with Crippen LogP contribution >= 0.6 is 0 Å². The van der Waals surface area contributed by atoms with Crippen LogP contribution in [0.5, 0.6) is 0 Å². The Labute approximate surface area is 134 Å². The van der Waals surface area contributed by atoms with E-state index < -0.39 is 33.9 Å². The lowest BCUT2D eigenvalue weighted by Crippen LogP contribution is -2.48. The van der Waals surface area contributed by atoms with Crippen LogP contribution in [0.2, 0.25) is 0 Å². The minimum atomic E-state index is -3.13. The molecular formula is C15H16N2O5S. The van der Waals surface area contributed by atoms with Gasteiger partial charge in [-0.25, -0.2) is 13.2 Å². The van der Waals surface area contributed by atoms with Crippen molar-refractivity contribution in [1.29, 1.82) is 5.26 Å². The van der Waals surface area contributed by atoms with Gasteiger partial charge in [0.1, 0.15) is 0 Å². The van der Waals surface area contributed by atoms with E-state index in [1.807, 2.05) is 6.07 Å². The van der Waals surface area contributed by atoms with Crippen molar-refractivity contribution in [2.45, 2.75) is 18.9 Å². The first kappa shape index (κ1) is 17.0. The summed E-state index contributed by atoms with van der Waals surface area (Å²) in [6, 6.07) is 7.84. The molecule has 0 spiro atoms. The summed E-state index contributed by atoms with van der Waals surface area (Å²) in [4.78, 5) is 23.7. The number of esters is 1. The number of hydrogen-bond acceptors (Lipinski definition) is 6. The Bertz CT molecular complexity index is 781. The van der Waals surface area contributed by atoms with Gasteiger partial charge in [0, 0.05) is 0 Å². The first-order valence-corrected chi connectivity index (χ1v) is 8.74. The quantitative estimate of drug-likeness (QED) is 0.797. The number of carbonyl (C=O) groups is 2. The van der Waals surface area contributed by atoms with Crippen molar-refractivity contribution < 1.29 is 22.7 Å². The normalized spacial score (nSPS) is 22.1. The molecule has 1 aliphatic rings. The van der Waals surface area contributed by atoms with E-state index in [4.69, 9.17) is 10.00 Å². The first-order valence-electron chi connectivity index (χ1n) is 6.92. The molecule has 0 unspecified atom stereocenters. The number of nitrogens with one attached hydrogen (secondary N) is 1. The molecule has 1 amide bonds. The van der Waals surface area contributed by atoms with E-state index >= 15 is 0 Å². The lowest BCUT2D eigenvalue weighted by molar-refractivity contribution is -0.125. The van der Waals surface area contributed by atoms with Gasteiger partial charge in [-0.3, -0.25) is 4.79 Å². The van der Waals surface area contributed by atoms with Crippen LogP contribution in [0.15, 0.2) is 24.3 Å². The summed E-state index contributed by atoms with van der Waals surface area (Å²) in [5.41, 5.74) is -0.345. The van der Waals surface area contributed by atoms with Gasteiger partial charge in [0.25, 0.3) is 5.91 Å². The van der Waals surface area contributed by atoms with E-state index in [1.54, 1.807) is 19.1 Å². The van der Waals surface area contributed by atoms with E-state index in [0.29, 0.717) is 12.0 Å². The summed E-state index contributed by atoms with van der Waals surface area (Å²) >= 11 is 0. The predicted molar refractivity (Wildman–Crippen MR) is 81.3 cm³/mol. The van der Waals surface area contributed by atoms with Gasteiger partial charge in [-0.15, -0.1) is 0 Å². The largest absolute Gasteiger partial charge is 0.452 e. The molecule has 2 rings (SSSR count). The first-order chi connectivity index (χ1) is 10.7. The van der Waals surface area contributed by atoms with Crippen molar-refractivity contribution in [3.8, 4) is 6.07 Å². The van der Waals surface area contributed by atoms with Crippen LogP contribution in [0.25, 0.3) is 0 Å². The highest BCUT2D eigenvalue weighted by Crippen LogP contribution is 2.22. The average molecular weight is 336 g/mol. The van der Waals surface area contributed by atoms with E-state index in [-0.39, 0.29) is 17.1 Å². The monoisotopic (exact) mass is 336 g/mol. The molecule has 1 atom stereocenters. The molecule has 0 radical (unpaired) electrons. The molecule has 122 valence electrons. The van der Waals surface area contributed by atoms with E-state index in [9.17, 15) is 18.0 Å². The number of rotatable bonds is 4. The minimum absolute atomic E-state index is 0.0323. The molecule has 0 bridgehead atoms. The van der Waals surface area contributed by atoms with Crippen LogP contribution in [0, 0.1) is 11.3 Å². The third kappa shape index (κ3) is 4.53. The molecule has 1 N–H and O–H groups in total. The van der Waals surface area contributed by atoms with Gasteiger partial charge >= 0.3 is 5.97 Å². The molecule has 1 fully saturated rings. The SMILES string of the molecule is C[C@@]1(NC(=O)COC(=O)c2cccc(C#N)c2)CCS(=O)(=O)C1. The fourth-order valence-electron chi connectivity index (χ4n) is 2.41. The highest BCUT2D eigenvalue weighted by atomic mass is 32.2. The van der Waals surface area contributed by atoms with Crippen LogP contribution in [-0.4, -0.2) is 43.9 Å². The Hall–Kier alpha value is -2.40. The molecule has 1 aromatic carbocycles. The Balaban J connectivity index is 1.89. The van der Waals surface area contributed by atoms with Crippen molar-refractivity contribution in [3.05, 3.63) is 35.4 Å². The molecule has 0 aromatic heterocycles. The summed E-state index contributed by atoms with van der Waals surface area (Å²) in [5.74, 6) is -1.37. The Morgan fingerprint density at radius 1 is 1.43 bits per heavy atom. The van der Waals surface area contributed by atoms with Gasteiger partial charge in [0.15, 0.2) is 16.4 Å². The number of carbonyl (C=O) groups excluding carboxylic acids is 2. The summed E-state index contributed by atoms with van der Waals surface area (Å²) in [7, 11) is -3.13. The fraction of sp³-hybridized carbons (Fsp3) is 0.400. The minimum Gasteiger partial charge on any atom is -0.452 e. The lowest BCUT2D eigenvalue weighted by atomic mass is 10.0. The maximum Gasteiger partial charge on any atom is 0.338 e. The third-order valence-electron chi connectivity index (χ3n) is 3.51. The van der Waals surface area contributed by atoms with Gasteiger partial charge < -0.3 is 10.1 Å². The van der Waals surface area contributed by atoms with Gasteiger partial charge in [0.2, 0.25) is 0 Å². The maximum atomic E-state index is 11.8. The molecule has 7 nitrogen and oxygen atoms in total. The van der Waals surface area contributed by atoms with Crippen LogP contribution in [0.3, 0.4) is 0 Å². The van der Waals surface area contributed by atoms with Crippen molar-refractivity contribution in [3.63, 3.8) is 0 Å². The Morgan fingerprint density at radius 2 is 2.17 bits per heavy atom. The van der Waals surface area contributed by atoms with E-state index in [0.717, 1.165) is 0 Å². The molecular weight excluding hydrogens is 320 g/mol. The number of sulfone groups is 1. The molecule has 1 saturated heterocycles. The lowest BCUT2D eigenvalue weighted by Gasteiger charge is -2.23. The van der Waals surface area contributed by atoms with Gasteiger partial charge in [-0.1, -0.05) is 6.07 Å². The summed E-state index contributed by atoms with van der Waals surface area (Å²) in [6.45, 7) is 1.14. The zero-order chi connectivity index (χ0) is 17.1. The van der Waals surface area contributed by atoms with Crippen molar-refractivity contribution >= 4 is 21.7 Å².